The van der Waals surface area contributed by atoms with Crippen molar-refractivity contribution in [3.05, 3.63) is 24.4 Å². The minimum Gasteiger partial charge on any atom is -0.377 e. The highest BCUT2D eigenvalue weighted by Crippen LogP contribution is 2.61. The van der Waals surface area contributed by atoms with Crippen molar-refractivity contribution in [2.75, 3.05) is 11.9 Å². The molecule has 0 aromatic carbocycles. The molecule has 1 spiro atoms. The molecule has 0 radical (unpaired) electrons. The first kappa shape index (κ1) is 16.0. The first-order valence-corrected chi connectivity index (χ1v) is 7.92. The van der Waals surface area contributed by atoms with Crippen LogP contribution >= 0.6 is 24.0 Å². The van der Waals surface area contributed by atoms with Crippen LogP contribution in [-0.4, -0.2) is 29.7 Å². The van der Waals surface area contributed by atoms with E-state index < -0.39 is 0 Å². The number of anilines is 1. The summed E-state index contributed by atoms with van der Waals surface area (Å²) in [5, 5.41) is 3.10. The zero-order chi connectivity index (χ0) is 14.3. The molecule has 1 aliphatic heterocycles. The molecule has 2 heterocycles. The van der Waals surface area contributed by atoms with E-state index in [2.05, 4.69) is 10.3 Å². The van der Waals surface area contributed by atoms with Crippen LogP contribution in [0.5, 0.6) is 0 Å². The molecule has 1 aromatic heterocycles. The highest BCUT2D eigenvalue weighted by molar-refractivity contribution is 14.0. The number of rotatable bonds is 2. The number of aromatic nitrogens is 1. The summed E-state index contributed by atoms with van der Waals surface area (Å²) in [7, 11) is 0. The first-order valence-electron chi connectivity index (χ1n) is 7.92. The maximum absolute atomic E-state index is 6.11. The van der Waals surface area contributed by atoms with E-state index in [0.717, 1.165) is 18.8 Å². The van der Waals surface area contributed by atoms with Gasteiger partial charge in [0.15, 0.2) is 5.96 Å². The van der Waals surface area contributed by atoms with E-state index in [0.29, 0.717) is 24.0 Å². The summed E-state index contributed by atoms with van der Waals surface area (Å²) in [4.78, 5) is 9.05. The second-order valence-corrected chi connectivity index (χ2v) is 6.48. The molecule has 0 amide bonds. The van der Waals surface area contributed by atoms with Crippen LogP contribution in [0.3, 0.4) is 0 Å². The van der Waals surface area contributed by atoms with Crippen molar-refractivity contribution < 1.29 is 4.74 Å². The lowest BCUT2D eigenvalue weighted by Crippen LogP contribution is -2.61. The monoisotopic (exact) mass is 414 g/mol. The predicted octanol–water partition coefficient (Wildman–Crippen LogP) is 2.77. The summed E-state index contributed by atoms with van der Waals surface area (Å²) in [6, 6.07) is 6.04. The van der Waals surface area contributed by atoms with E-state index in [4.69, 9.17) is 15.5 Å². The lowest BCUT2D eigenvalue weighted by atomic mass is 9.54. The molecule has 3 fully saturated rings. The van der Waals surface area contributed by atoms with Crippen LogP contribution in [0.25, 0.3) is 0 Å². The van der Waals surface area contributed by atoms with Gasteiger partial charge in [0.2, 0.25) is 0 Å². The maximum Gasteiger partial charge on any atom is 0.194 e. The van der Waals surface area contributed by atoms with Gasteiger partial charge >= 0.3 is 0 Å². The number of nitrogens with one attached hydrogen (secondary N) is 1. The molecule has 1 saturated heterocycles. The number of fused-ring (bicyclic) bond motifs is 2. The normalized spacial score (nSPS) is 32.2. The molecule has 1 aromatic rings. The van der Waals surface area contributed by atoms with Gasteiger partial charge in [0.1, 0.15) is 5.82 Å². The fourth-order valence-electron chi connectivity index (χ4n) is 4.59. The summed E-state index contributed by atoms with van der Waals surface area (Å²) in [5.41, 5.74) is 6.37. The minimum absolute atomic E-state index is 0. The maximum atomic E-state index is 6.11. The molecule has 2 saturated carbocycles. The molecular weight excluding hydrogens is 391 g/mol. The number of hydrogen-bond acceptors (Lipinski definition) is 3. The third kappa shape index (κ3) is 2.50. The zero-order valence-electron chi connectivity index (χ0n) is 12.6. The Balaban J connectivity index is 0.00000144. The van der Waals surface area contributed by atoms with Gasteiger partial charge in [0.25, 0.3) is 0 Å². The van der Waals surface area contributed by atoms with E-state index in [1.54, 1.807) is 6.20 Å². The van der Waals surface area contributed by atoms with Crippen LogP contribution < -0.4 is 11.1 Å². The van der Waals surface area contributed by atoms with Gasteiger partial charge in [0.05, 0.1) is 12.1 Å². The molecule has 3 aliphatic rings. The molecule has 0 bridgehead atoms. The number of pyridine rings is 1. The SMILES string of the molecule is I.NC(=NC1C2CCOC2C12CCCC2)Nc1ccccn1. The highest BCUT2D eigenvalue weighted by Gasteiger charge is 2.65. The molecule has 120 valence electrons. The third-order valence-electron chi connectivity index (χ3n) is 5.43. The van der Waals surface area contributed by atoms with Crippen molar-refractivity contribution in [1.82, 2.24) is 4.98 Å². The number of nitrogens with two attached hydrogens (primary N) is 1. The van der Waals surface area contributed by atoms with Crippen LogP contribution in [0.1, 0.15) is 32.1 Å². The van der Waals surface area contributed by atoms with Gasteiger partial charge in [-0.15, -0.1) is 24.0 Å². The van der Waals surface area contributed by atoms with E-state index in [-0.39, 0.29) is 29.4 Å². The third-order valence-corrected chi connectivity index (χ3v) is 5.43. The van der Waals surface area contributed by atoms with Crippen molar-refractivity contribution in [2.24, 2.45) is 22.1 Å². The molecule has 5 nitrogen and oxygen atoms in total. The Morgan fingerprint density at radius 2 is 2.18 bits per heavy atom. The van der Waals surface area contributed by atoms with Crippen LogP contribution in [0.2, 0.25) is 0 Å². The number of aliphatic imine (C=N–C) groups is 1. The van der Waals surface area contributed by atoms with E-state index in [1.807, 2.05) is 18.2 Å². The van der Waals surface area contributed by atoms with Crippen LogP contribution in [-0.2, 0) is 4.74 Å². The average Bonchev–Trinajstić information content (AvgIpc) is 3.14. The smallest absolute Gasteiger partial charge is 0.194 e. The Labute approximate surface area is 148 Å². The standard InChI is InChI=1S/C16H22N4O.HI/c17-15(19-12-5-1-4-9-18-12)20-13-11-6-10-21-14(11)16(13)7-2-3-8-16;/h1,4-5,9,11,13-14H,2-3,6-8,10H2,(H3,17,18,19,20);1H. The molecule has 4 rings (SSSR count). The van der Waals surface area contributed by atoms with E-state index in [1.165, 1.54) is 25.7 Å². The quantitative estimate of drug-likeness (QED) is 0.444. The Kier molecular flexibility index (Phi) is 4.59. The van der Waals surface area contributed by atoms with Gasteiger partial charge in [-0.25, -0.2) is 9.98 Å². The Hall–Kier alpha value is -0.890. The number of halogens is 1. The minimum atomic E-state index is 0. The lowest BCUT2D eigenvalue weighted by molar-refractivity contribution is -0.117. The predicted molar refractivity (Wildman–Crippen MR) is 97.4 cm³/mol. The summed E-state index contributed by atoms with van der Waals surface area (Å²) in [6.07, 6.45) is 8.36. The molecule has 2 aliphatic carbocycles. The number of nitrogens with zero attached hydrogens (tertiary/aromatic N) is 2. The summed E-state index contributed by atoms with van der Waals surface area (Å²) >= 11 is 0. The van der Waals surface area contributed by atoms with Crippen molar-refractivity contribution >= 4 is 35.8 Å². The Bertz CT molecular complexity index is 544. The van der Waals surface area contributed by atoms with Crippen molar-refractivity contribution in [1.29, 1.82) is 0 Å². The molecule has 3 atom stereocenters. The van der Waals surface area contributed by atoms with Gasteiger partial charge in [-0.05, 0) is 31.4 Å². The average molecular weight is 414 g/mol. The van der Waals surface area contributed by atoms with Crippen molar-refractivity contribution in [3.63, 3.8) is 0 Å². The fraction of sp³-hybridized carbons (Fsp3) is 0.625. The Morgan fingerprint density at radius 1 is 1.36 bits per heavy atom. The zero-order valence-corrected chi connectivity index (χ0v) is 14.9. The van der Waals surface area contributed by atoms with Crippen molar-refractivity contribution in [3.8, 4) is 0 Å². The molecule has 22 heavy (non-hydrogen) atoms. The van der Waals surface area contributed by atoms with Gasteiger partial charge < -0.3 is 15.8 Å². The van der Waals surface area contributed by atoms with Crippen LogP contribution in [0.15, 0.2) is 29.4 Å². The number of guanidine groups is 1. The van der Waals surface area contributed by atoms with Gasteiger partial charge in [-0.1, -0.05) is 18.9 Å². The van der Waals surface area contributed by atoms with Crippen molar-refractivity contribution in [2.45, 2.75) is 44.2 Å². The fourth-order valence-corrected chi connectivity index (χ4v) is 4.59. The van der Waals surface area contributed by atoms with Crippen LogP contribution in [0, 0.1) is 11.3 Å². The van der Waals surface area contributed by atoms with Crippen LogP contribution in [0.4, 0.5) is 5.82 Å². The number of hydrogen-bond donors (Lipinski definition) is 2. The second kappa shape index (κ2) is 6.31. The second-order valence-electron chi connectivity index (χ2n) is 6.48. The summed E-state index contributed by atoms with van der Waals surface area (Å²) in [5.74, 6) is 1.79. The largest absolute Gasteiger partial charge is 0.377 e. The van der Waals surface area contributed by atoms with E-state index in [9.17, 15) is 0 Å². The Morgan fingerprint density at radius 3 is 2.91 bits per heavy atom. The summed E-state index contributed by atoms with van der Waals surface area (Å²) in [6.45, 7) is 0.886. The van der Waals surface area contributed by atoms with Gasteiger partial charge in [-0.3, -0.25) is 0 Å². The highest BCUT2D eigenvalue weighted by atomic mass is 127. The molecule has 3 N–H and O–H groups in total. The topological polar surface area (TPSA) is 72.5 Å². The van der Waals surface area contributed by atoms with E-state index >= 15 is 0 Å². The lowest BCUT2D eigenvalue weighted by Gasteiger charge is -2.54. The molecule has 6 heteroatoms. The van der Waals surface area contributed by atoms with Gasteiger partial charge in [0, 0.05) is 24.1 Å². The first-order chi connectivity index (χ1) is 10.3. The molecular formula is C16H23IN4O. The van der Waals surface area contributed by atoms with Gasteiger partial charge in [-0.2, -0.15) is 0 Å². The summed E-state index contributed by atoms with van der Waals surface area (Å²) < 4.78 is 5.98. The molecule has 3 unspecified atom stereocenters. The number of ether oxygens (including phenoxy) is 1.